The summed E-state index contributed by atoms with van der Waals surface area (Å²) in [6, 6.07) is 6.88. The van der Waals surface area contributed by atoms with E-state index in [9.17, 15) is 19.1 Å². The van der Waals surface area contributed by atoms with Gasteiger partial charge in [0.15, 0.2) is 11.6 Å². The number of esters is 1. The van der Waals surface area contributed by atoms with Crippen LogP contribution in [0.3, 0.4) is 0 Å². The molecule has 38 heavy (non-hydrogen) atoms. The van der Waals surface area contributed by atoms with Crippen LogP contribution in [0.1, 0.15) is 69.9 Å². The number of hydrogen-bond donors (Lipinski definition) is 3. The lowest BCUT2D eigenvalue weighted by Crippen LogP contribution is -2.49. The fourth-order valence-corrected chi connectivity index (χ4v) is 6.68. The van der Waals surface area contributed by atoms with Gasteiger partial charge >= 0.3 is 5.97 Å². The zero-order valence-corrected chi connectivity index (χ0v) is 22.4. The first-order valence-corrected chi connectivity index (χ1v) is 13.5. The first kappa shape index (κ1) is 27.0. The third kappa shape index (κ3) is 4.61. The zero-order chi connectivity index (χ0) is 27.4. The van der Waals surface area contributed by atoms with Crippen molar-refractivity contribution < 1.29 is 28.2 Å². The van der Waals surface area contributed by atoms with Crippen LogP contribution < -0.4 is 15.4 Å². The smallest absolute Gasteiger partial charge is 0.324 e. The molecule has 0 aromatic heterocycles. The molecule has 1 spiro atoms. The minimum Gasteiger partial charge on any atom is -0.425 e. The number of carbonyl (C=O) groups is 2. The van der Waals surface area contributed by atoms with Gasteiger partial charge < -0.3 is 20.5 Å². The van der Waals surface area contributed by atoms with E-state index in [1.165, 1.54) is 18.2 Å². The van der Waals surface area contributed by atoms with Crippen LogP contribution in [-0.2, 0) is 15.0 Å². The lowest BCUT2D eigenvalue weighted by Gasteiger charge is -2.36. The molecule has 1 saturated carbocycles. The van der Waals surface area contributed by atoms with Crippen molar-refractivity contribution in [3.8, 4) is 5.75 Å². The molecular formula is C29H33ClF2N2O4. The van der Waals surface area contributed by atoms with Gasteiger partial charge in [-0.1, -0.05) is 50.6 Å². The van der Waals surface area contributed by atoms with Gasteiger partial charge in [-0.05, 0) is 61.3 Å². The minimum absolute atomic E-state index is 0.0622. The minimum atomic E-state index is -1.49. The average Bonchev–Trinajstić information content (AvgIpc) is 3.31. The van der Waals surface area contributed by atoms with Crippen molar-refractivity contribution in [2.45, 2.75) is 88.4 Å². The largest absolute Gasteiger partial charge is 0.425 e. The van der Waals surface area contributed by atoms with Crippen molar-refractivity contribution in [3.63, 3.8) is 0 Å². The van der Waals surface area contributed by atoms with Crippen LogP contribution in [0, 0.1) is 17.0 Å². The van der Waals surface area contributed by atoms with E-state index < -0.39 is 53.0 Å². The van der Waals surface area contributed by atoms with Crippen molar-refractivity contribution in [1.82, 2.24) is 10.6 Å². The number of rotatable bonds is 4. The van der Waals surface area contributed by atoms with Gasteiger partial charge in [0.05, 0.1) is 12.1 Å². The molecule has 2 aromatic carbocycles. The maximum Gasteiger partial charge on any atom is 0.324 e. The quantitative estimate of drug-likeness (QED) is 0.380. The van der Waals surface area contributed by atoms with Crippen LogP contribution in [0.5, 0.6) is 5.75 Å². The topological polar surface area (TPSA) is 87.7 Å². The molecule has 1 aliphatic carbocycles. The highest BCUT2D eigenvalue weighted by molar-refractivity contribution is 6.30. The Balaban J connectivity index is 1.67. The number of aliphatic hydroxyl groups is 1. The molecule has 2 fully saturated rings. The van der Waals surface area contributed by atoms with E-state index in [1.54, 1.807) is 12.1 Å². The van der Waals surface area contributed by atoms with Gasteiger partial charge in [0.25, 0.3) is 0 Å². The van der Waals surface area contributed by atoms with Crippen molar-refractivity contribution in [2.24, 2.45) is 5.41 Å². The molecule has 4 atom stereocenters. The summed E-state index contributed by atoms with van der Waals surface area (Å²) in [7, 11) is 0. The van der Waals surface area contributed by atoms with E-state index in [0.29, 0.717) is 42.7 Å². The van der Waals surface area contributed by atoms with Crippen LogP contribution in [0.15, 0.2) is 36.4 Å². The number of aliphatic hydroxyl groups excluding tert-OH is 1. The number of amides is 1. The predicted octanol–water partition coefficient (Wildman–Crippen LogP) is 4.76. The number of halogens is 3. The summed E-state index contributed by atoms with van der Waals surface area (Å²) < 4.78 is 35.9. The Hall–Kier alpha value is -2.55. The standard InChI is InChI=1S/C29H33ClF2N2O4/c1-28(2,3)14-22-29(19-12-7-15(30)13-21(19)38-27(29)37)23(18-5-4-6-20(31)24(18)32)25(34-22)26(36)33-16-8-10-17(35)11-9-16/h4-7,12-13,16-17,22-23,25,34-35H,8-11,14H2,1-3H3,(H,33,36)/t16-,17-,22-,23+,25-,29+/m1/s1. The second-order valence-corrected chi connectivity index (χ2v) is 12.4. The third-order valence-corrected chi connectivity index (χ3v) is 8.38. The van der Waals surface area contributed by atoms with Gasteiger partial charge in [-0.15, -0.1) is 0 Å². The van der Waals surface area contributed by atoms with E-state index in [0.717, 1.165) is 6.07 Å². The monoisotopic (exact) mass is 546 g/mol. The highest BCUT2D eigenvalue weighted by Crippen LogP contribution is 2.57. The zero-order valence-electron chi connectivity index (χ0n) is 21.7. The molecule has 2 aromatic rings. The number of benzene rings is 2. The summed E-state index contributed by atoms with van der Waals surface area (Å²) in [5.41, 5.74) is -1.34. The van der Waals surface area contributed by atoms with Crippen LogP contribution in [0.2, 0.25) is 5.02 Å². The summed E-state index contributed by atoms with van der Waals surface area (Å²) in [6.45, 7) is 6.05. The van der Waals surface area contributed by atoms with Gasteiger partial charge in [-0.2, -0.15) is 0 Å². The molecule has 204 valence electrons. The Morgan fingerprint density at radius 3 is 2.58 bits per heavy atom. The Kier molecular flexibility index (Phi) is 7.03. The van der Waals surface area contributed by atoms with Crippen molar-refractivity contribution in [3.05, 3.63) is 64.2 Å². The molecular weight excluding hydrogens is 514 g/mol. The normalized spacial score (nSPS) is 30.8. The van der Waals surface area contributed by atoms with Gasteiger partial charge in [0.2, 0.25) is 5.91 Å². The summed E-state index contributed by atoms with van der Waals surface area (Å²) in [5, 5.41) is 16.7. The molecule has 3 aliphatic rings. The predicted molar refractivity (Wildman–Crippen MR) is 139 cm³/mol. The number of nitrogens with one attached hydrogen (secondary N) is 2. The Labute approximate surface area is 226 Å². The maximum atomic E-state index is 15.5. The Bertz CT molecular complexity index is 1260. The number of carbonyl (C=O) groups excluding carboxylic acids is 2. The summed E-state index contributed by atoms with van der Waals surface area (Å²) in [4.78, 5) is 27.8. The van der Waals surface area contributed by atoms with Crippen LogP contribution >= 0.6 is 11.6 Å². The molecule has 3 N–H and O–H groups in total. The fourth-order valence-electron chi connectivity index (χ4n) is 6.52. The summed E-state index contributed by atoms with van der Waals surface area (Å²) in [6.07, 6.45) is 2.43. The van der Waals surface area contributed by atoms with Gasteiger partial charge in [-0.25, -0.2) is 8.78 Å². The fraction of sp³-hybridized carbons (Fsp3) is 0.517. The number of fused-ring (bicyclic) bond motifs is 2. The van der Waals surface area contributed by atoms with Crippen molar-refractivity contribution in [2.75, 3.05) is 0 Å². The van der Waals surface area contributed by atoms with E-state index in [1.807, 2.05) is 20.8 Å². The lowest BCUT2D eigenvalue weighted by molar-refractivity contribution is -0.139. The van der Waals surface area contributed by atoms with Gasteiger partial charge in [0, 0.05) is 28.6 Å². The van der Waals surface area contributed by atoms with Crippen molar-refractivity contribution in [1.29, 1.82) is 0 Å². The molecule has 2 aliphatic heterocycles. The molecule has 9 heteroatoms. The van der Waals surface area contributed by atoms with Crippen molar-refractivity contribution >= 4 is 23.5 Å². The van der Waals surface area contributed by atoms with Crippen LogP contribution in [0.25, 0.3) is 0 Å². The molecule has 6 nitrogen and oxygen atoms in total. The molecule has 1 amide bonds. The molecule has 1 saturated heterocycles. The maximum absolute atomic E-state index is 15.5. The summed E-state index contributed by atoms with van der Waals surface area (Å²) >= 11 is 6.21. The highest BCUT2D eigenvalue weighted by atomic mass is 35.5. The Morgan fingerprint density at radius 1 is 1.18 bits per heavy atom. The number of hydrogen-bond acceptors (Lipinski definition) is 5. The summed E-state index contributed by atoms with van der Waals surface area (Å²) in [5.74, 6) is -4.00. The lowest BCUT2D eigenvalue weighted by atomic mass is 9.62. The van der Waals surface area contributed by atoms with Crippen LogP contribution in [-0.4, -0.2) is 41.2 Å². The average molecular weight is 547 g/mol. The second kappa shape index (κ2) is 9.88. The van der Waals surface area contributed by atoms with E-state index in [4.69, 9.17) is 16.3 Å². The second-order valence-electron chi connectivity index (χ2n) is 12.0. The molecule has 0 radical (unpaired) electrons. The third-order valence-electron chi connectivity index (χ3n) is 8.14. The van der Waals surface area contributed by atoms with Gasteiger partial charge in [-0.3, -0.25) is 9.59 Å². The highest BCUT2D eigenvalue weighted by Gasteiger charge is 2.67. The van der Waals surface area contributed by atoms with E-state index in [-0.39, 0.29) is 22.8 Å². The SMILES string of the molecule is CC(C)(C)C[C@H]1N[C@@H](C(=O)N[C@H]2CC[C@H](O)CC2)[C@H](c2cccc(F)c2F)[C@@]12C(=O)Oc1cc(Cl)ccc12. The van der Waals surface area contributed by atoms with Gasteiger partial charge in [0.1, 0.15) is 11.2 Å². The molecule has 2 heterocycles. The first-order chi connectivity index (χ1) is 17.9. The van der Waals surface area contributed by atoms with E-state index >= 15 is 4.39 Å². The number of ether oxygens (including phenoxy) is 1. The molecule has 0 unspecified atom stereocenters. The van der Waals surface area contributed by atoms with E-state index in [2.05, 4.69) is 10.6 Å². The Morgan fingerprint density at radius 2 is 1.89 bits per heavy atom. The first-order valence-electron chi connectivity index (χ1n) is 13.1. The molecule has 5 rings (SSSR count). The van der Waals surface area contributed by atoms with Crippen LogP contribution in [0.4, 0.5) is 8.78 Å². The molecule has 0 bridgehead atoms.